The van der Waals surface area contributed by atoms with E-state index in [1.54, 1.807) is 0 Å². The molecule has 0 aliphatic carbocycles. The molecule has 1 saturated heterocycles. The Morgan fingerprint density at radius 2 is 2.00 bits per heavy atom. The zero-order chi connectivity index (χ0) is 13.7. The van der Waals surface area contributed by atoms with Gasteiger partial charge in [-0.3, -0.25) is 5.32 Å². The standard InChI is InChI=1S/C14H21N3O2/c1-17-9-3-4-13(10-17)15-11-5-7-12(8-6-11)16-14(18)19-2/h5-8,13,15H,3-4,9-10H2,1-2H3,(H,16,18). The highest BCUT2D eigenvalue weighted by atomic mass is 16.5. The second-order valence-electron chi connectivity index (χ2n) is 4.94. The fraction of sp³-hybridized carbons (Fsp3) is 0.500. The highest BCUT2D eigenvalue weighted by molar-refractivity contribution is 5.84. The van der Waals surface area contributed by atoms with Gasteiger partial charge in [-0.25, -0.2) is 4.79 Å². The molecule has 0 saturated carbocycles. The van der Waals surface area contributed by atoms with Crippen molar-refractivity contribution < 1.29 is 9.53 Å². The molecule has 5 heteroatoms. The zero-order valence-electron chi connectivity index (χ0n) is 11.5. The van der Waals surface area contributed by atoms with Crippen LogP contribution < -0.4 is 10.6 Å². The van der Waals surface area contributed by atoms with Gasteiger partial charge in [0.2, 0.25) is 0 Å². The molecule has 0 spiro atoms. The van der Waals surface area contributed by atoms with Crippen molar-refractivity contribution in [3.05, 3.63) is 24.3 Å². The molecule has 1 unspecified atom stereocenters. The minimum absolute atomic E-state index is 0.449. The number of nitrogens with one attached hydrogen (secondary N) is 2. The molecule has 19 heavy (non-hydrogen) atoms. The van der Waals surface area contributed by atoms with E-state index in [0.717, 1.165) is 17.9 Å². The molecule has 1 fully saturated rings. The Bertz CT molecular complexity index is 419. The Kier molecular flexibility index (Phi) is 4.63. The number of likely N-dealkylation sites (N-methyl/N-ethyl adjacent to an activating group) is 1. The molecule has 0 bridgehead atoms. The molecule has 2 rings (SSSR count). The van der Waals surface area contributed by atoms with Crippen molar-refractivity contribution in [1.82, 2.24) is 4.90 Å². The molecule has 0 radical (unpaired) electrons. The van der Waals surface area contributed by atoms with Gasteiger partial charge in [0.15, 0.2) is 0 Å². The van der Waals surface area contributed by atoms with Gasteiger partial charge in [0.25, 0.3) is 0 Å². The summed E-state index contributed by atoms with van der Waals surface area (Å²) < 4.78 is 4.55. The van der Waals surface area contributed by atoms with Crippen LogP contribution >= 0.6 is 0 Å². The summed E-state index contributed by atoms with van der Waals surface area (Å²) >= 11 is 0. The summed E-state index contributed by atoms with van der Waals surface area (Å²) in [4.78, 5) is 13.4. The third kappa shape index (κ3) is 4.13. The van der Waals surface area contributed by atoms with Crippen LogP contribution in [0.25, 0.3) is 0 Å². The number of rotatable bonds is 3. The maximum absolute atomic E-state index is 11.1. The normalized spacial score (nSPS) is 19.8. The maximum Gasteiger partial charge on any atom is 0.411 e. The van der Waals surface area contributed by atoms with E-state index >= 15 is 0 Å². The molecule has 1 aromatic carbocycles. The van der Waals surface area contributed by atoms with Crippen LogP contribution in [0.3, 0.4) is 0 Å². The number of carbonyl (C=O) groups excluding carboxylic acids is 1. The third-order valence-corrected chi connectivity index (χ3v) is 3.31. The number of amides is 1. The van der Waals surface area contributed by atoms with Gasteiger partial charge >= 0.3 is 6.09 Å². The Morgan fingerprint density at radius 3 is 2.63 bits per heavy atom. The van der Waals surface area contributed by atoms with Crippen LogP contribution in [0.2, 0.25) is 0 Å². The Morgan fingerprint density at radius 1 is 1.32 bits per heavy atom. The van der Waals surface area contributed by atoms with Crippen molar-refractivity contribution >= 4 is 17.5 Å². The maximum atomic E-state index is 11.1. The number of benzene rings is 1. The minimum Gasteiger partial charge on any atom is -0.453 e. The van der Waals surface area contributed by atoms with E-state index in [9.17, 15) is 4.79 Å². The summed E-state index contributed by atoms with van der Waals surface area (Å²) in [7, 11) is 3.50. The fourth-order valence-corrected chi connectivity index (χ4v) is 2.34. The van der Waals surface area contributed by atoms with Crippen LogP contribution in [0.4, 0.5) is 16.2 Å². The van der Waals surface area contributed by atoms with Crippen molar-refractivity contribution in [1.29, 1.82) is 0 Å². The van der Waals surface area contributed by atoms with E-state index in [1.165, 1.54) is 26.5 Å². The lowest BCUT2D eigenvalue weighted by Crippen LogP contribution is -2.39. The number of anilines is 2. The van der Waals surface area contributed by atoms with Crippen LogP contribution in [0.1, 0.15) is 12.8 Å². The summed E-state index contributed by atoms with van der Waals surface area (Å²) in [6.45, 7) is 2.25. The molecule has 1 heterocycles. The molecular weight excluding hydrogens is 242 g/mol. The van der Waals surface area contributed by atoms with Gasteiger partial charge in [0, 0.05) is 24.0 Å². The van der Waals surface area contributed by atoms with Crippen molar-refractivity contribution in [3.8, 4) is 0 Å². The predicted octanol–water partition coefficient (Wildman–Crippen LogP) is 2.37. The zero-order valence-corrected chi connectivity index (χ0v) is 11.5. The summed E-state index contributed by atoms with van der Waals surface area (Å²) in [5.41, 5.74) is 1.81. The number of nitrogens with zero attached hydrogens (tertiary/aromatic N) is 1. The highest BCUT2D eigenvalue weighted by Crippen LogP contribution is 2.18. The van der Waals surface area contributed by atoms with Crippen molar-refractivity contribution in [2.24, 2.45) is 0 Å². The van der Waals surface area contributed by atoms with Gasteiger partial charge in [-0.1, -0.05) is 0 Å². The number of carbonyl (C=O) groups is 1. The van der Waals surface area contributed by atoms with Gasteiger partial charge < -0.3 is 15.0 Å². The van der Waals surface area contributed by atoms with Crippen molar-refractivity contribution in [3.63, 3.8) is 0 Å². The lowest BCUT2D eigenvalue weighted by Gasteiger charge is -2.30. The average Bonchev–Trinajstić information content (AvgIpc) is 2.41. The topological polar surface area (TPSA) is 53.6 Å². The number of hydrogen-bond donors (Lipinski definition) is 2. The molecule has 0 aromatic heterocycles. The van der Waals surface area contributed by atoms with Crippen LogP contribution in [0, 0.1) is 0 Å². The second kappa shape index (κ2) is 6.43. The smallest absolute Gasteiger partial charge is 0.411 e. The van der Waals surface area contributed by atoms with E-state index in [2.05, 4.69) is 27.3 Å². The van der Waals surface area contributed by atoms with Gasteiger partial charge in [0.05, 0.1) is 7.11 Å². The number of ether oxygens (including phenoxy) is 1. The molecule has 104 valence electrons. The van der Waals surface area contributed by atoms with Gasteiger partial charge in [-0.2, -0.15) is 0 Å². The molecular formula is C14H21N3O2. The van der Waals surface area contributed by atoms with Gasteiger partial charge in [0.1, 0.15) is 0 Å². The third-order valence-electron chi connectivity index (χ3n) is 3.31. The molecule has 5 nitrogen and oxygen atoms in total. The van der Waals surface area contributed by atoms with E-state index < -0.39 is 6.09 Å². The van der Waals surface area contributed by atoms with E-state index in [-0.39, 0.29) is 0 Å². The first kappa shape index (κ1) is 13.7. The van der Waals surface area contributed by atoms with E-state index in [0.29, 0.717) is 6.04 Å². The van der Waals surface area contributed by atoms with Crippen LogP contribution in [0.5, 0.6) is 0 Å². The SMILES string of the molecule is COC(=O)Nc1ccc(NC2CCCN(C)C2)cc1. The van der Waals surface area contributed by atoms with Crippen LogP contribution in [-0.4, -0.2) is 44.3 Å². The average molecular weight is 263 g/mol. The number of hydrogen-bond acceptors (Lipinski definition) is 4. The van der Waals surface area contributed by atoms with Crippen molar-refractivity contribution in [2.45, 2.75) is 18.9 Å². The molecule has 1 amide bonds. The van der Waals surface area contributed by atoms with E-state index in [4.69, 9.17) is 0 Å². The Balaban J connectivity index is 1.89. The number of likely N-dealkylation sites (tertiary alicyclic amines) is 1. The largest absolute Gasteiger partial charge is 0.453 e. The lowest BCUT2D eigenvalue weighted by atomic mass is 10.1. The Labute approximate surface area is 113 Å². The Hall–Kier alpha value is -1.75. The lowest BCUT2D eigenvalue weighted by molar-refractivity contribution is 0.187. The number of methoxy groups -OCH3 is 1. The monoisotopic (exact) mass is 263 g/mol. The quantitative estimate of drug-likeness (QED) is 0.879. The first-order chi connectivity index (χ1) is 9.17. The number of piperidine rings is 1. The summed E-state index contributed by atoms with van der Waals surface area (Å²) in [5.74, 6) is 0. The van der Waals surface area contributed by atoms with Crippen LogP contribution in [0.15, 0.2) is 24.3 Å². The van der Waals surface area contributed by atoms with Gasteiger partial charge in [-0.15, -0.1) is 0 Å². The summed E-state index contributed by atoms with van der Waals surface area (Å²) in [6, 6.07) is 8.18. The first-order valence-electron chi connectivity index (χ1n) is 6.57. The summed E-state index contributed by atoms with van der Waals surface area (Å²) in [6.07, 6.45) is 1.98. The highest BCUT2D eigenvalue weighted by Gasteiger charge is 2.16. The predicted molar refractivity (Wildman–Crippen MR) is 76.6 cm³/mol. The van der Waals surface area contributed by atoms with Crippen molar-refractivity contribution in [2.75, 3.05) is 37.9 Å². The van der Waals surface area contributed by atoms with E-state index in [1.807, 2.05) is 24.3 Å². The molecule has 1 aliphatic heterocycles. The molecule has 1 aliphatic rings. The second-order valence-corrected chi connectivity index (χ2v) is 4.94. The van der Waals surface area contributed by atoms with Crippen LogP contribution in [-0.2, 0) is 4.74 Å². The first-order valence-corrected chi connectivity index (χ1v) is 6.57. The van der Waals surface area contributed by atoms with Gasteiger partial charge in [-0.05, 0) is 50.7 Å². The molecule has 1 atom stereocenters. The summed E-state index contributed by atoms with van der Waals surface area (Å²) in [5, 5.41) is 6.15. The fourth-order valence-electron chi connectivity index (χ4n) is 2.34. The molecule has 1 aromatic rings. The molecule has 2 N–H and O–H groups in total. The minimum atomic E-state index is -0.449.